The van der Waals surface area contributed by atoms with Gasteiger partial charge in [-0.3, -0.25) is 4.79 Å². The monoisotopic (exact) mass is 558 g/mol. The fraction of sp³-hybridized carbons (Fsp3) is 0.536. The van der Waals surface area contributed by atoms with Gasteiger partial charge in [-0.15, -0.1) is 0 Å². The summed E-state index contributed by atoms with van der Waals surface area (Å²) in [6, 6.07) is 10.4. The smallest absolute Gasteiger partial charge is 0.489 e. The molecule has 0 radical (unpaired) electrons. The normalized spacial score (nSPS) is 12.8. The minimum Gasteiger partial charge on any atom is -0.489 e. The van der Waals surface area contributed by atoms with Crippen LogP contribution in [0.2, 0.25) is 0 Å². The Morgan fingerprint density at radius 1 is 0.816 bits per heavy atom. The highest BCUT2D eigenvalue weighted by Crippen LogP contribution is 2.42. The molecule has 2 rings (SSSR count). The van der Waals surface area contributed by atoms with Crippen LogP contribution in [0.5, 0.6) is 11.5 Å². The largest absolute Gasteiger partial charge is 0.534 e. The molecule has 0 fully saturated rings. The van der Waals surface area contributed by atoms with Crippen molar-refractivity contribution in [1.29, 1.82) is 0 Å². The number of alkyl halides is 3. The molecule has 0 saturated carbocycles. The number of esters is 1. The number of halogens is 3. The molecule has 0 atom stereocenters. The summed E-state index contributed by atoms with van der Waals surface area (Å²) in [5, 5.41) is 0. The van der Waals surface area contributed by atoms with Crippen molar-refractivity contribution < 1.29 is 40.0 Å². The molecule has 0 unspecified atom stereocenters. The summed E-state index contributed by atoms with van der Waals surface area (Å²) in [4.78, 5) is 11.6. The van der Waals surface area contributed by atoms with E-state index in [2.05, 4.69) is 4.18 Å². The Bertz CT molecular complexity index is 1230. The van der Waals surface area contributed by atoms with Gasteiger partial charge in [-0.1, -0.05) is 52.0 Å². The van der Waals surface area contributed by atoms with Crippen molar-refractivity contribution in [3.05, 3.63) is 58.7 Å². The Morgan fingerprint density at radius 3 is 1.66 bits per heavy atom. The third-order valence-corrected chi connectivity index (χ3v) is 8.25. The lowest BCUT2D eigenvalue weighted by Gasteiger charge is -2.34. The number of hydrogen-bond donors (Lipinski definition) is 0. The lowest BCUT2D eigenvalue weighted by atomic mass is 9.70. The van der Waals surface area contributed by atoms with Crippen molar-refractivity contribution in [2.24, 2.45) is 0 Å². The molecule has 6 nitrogen and oxygen atoms in total. The van der Waals surface area contributed by atoms with Gasteiger partial charge in [0.25, 0.3) is 0 Å². The number of hydrogen-bond acceptors (Lipinski definition) is 6. The molecule has 0 aliphatic rings. The quantitative estimate of drug-likeness (QED) is 0.157. The molecule has 0 aliphatic carbocycles. The third kappa shape index (κ3) is 6.62. The van der Waals surface area contributed by atoms with Gasteiger partial charge in [-0.2, -0.15) is 21.6 Å². The SMILES string of the molecule is CCC(CC)(COc1ccc(C(CC)(CC)c2ccc(OS(=O)(=O)C(F)(F)F)c(C)c2)cc1C)OC(C)=O. The highest BCUT2D eigenvalue weighted by Gasteiger charge is 2.48. The van der Waals surface area contributed by atoms with Crippen LogP contribution in [0.1, 0.15) is 82.6 Å². The van der Waals surface area contributed by atoms with Gasteiger partial charge in [0.2, 0.25) is 0 Å². The summed E-state index contributed by atoms with van der Waals surface area (Å²) in [5.41, 5.74) is -3.73. The van der Waals surface area contributed by atoms with Gasteiger partial charge >= 0.3 is 21.6 Å². The van der Waals surface area contributed by atoms with Crippen LogP contribution in [-0.2, 0) is 25.1 Å². The molecular weight excluding hydrogens is 521 g/mol. The molecule has 0 amide bonds. The second-order valence-corrected chi connectivity index (χ2v) is 11.0. The van der Waals surface area contributed by atoms with Gasteiger partial charge in [-0.25, -0.2) is 0 Å². The Hall–Kier alpha value is -2.75. The molecule has 2 aromatic carbocycles. The summed E-state index contributed by atoms with van der Waals surface area (Å²) < 4.78 is 77.4. The minimum absolute atomic E-state index is 0.216. The van der Waals surface area contributed by atoms with E-state index < -0.39 is 26.6 Å². The summed E-state index contributed by atoms with van der Waals surface area (Å²) in [6.07, 6.45) is 2.59. The van der Waals surface area contributed by atoms with E-state index in [-0.39, 0.29) is 23.9 Å². The zero-order valence-electron chi connectivity index (χ0n) is 23.0. The van der Waals surface area contributed by atoms with Crippen molar-refractivity contribution >= 4 is 16.1 Å². The molecule has 0 N–H and O–H groups in total. The van der Waals surface area contributed by atoms with Gasteiger partial charge in [0.05, 0.1) is 0 Å². The fourth-order valence-corrected chi connectivity index (χ4v) is 5.21. The van der Waals surface area contributed by atoms with Crippen LogP contribution in [0, 0.1) is 13.8 Å². The molecule has 212 valence electrons. The van der Waals surface area contributed by atoms with Crippen molar-refractivity contribution in [2.75, 3.05) is 6.61 Å². The minimum atomic E-state index is -5.76. The van der Waals surface area contributed by atoms with Crippen LogP contribution in [0.3, 0.4) is 0 Å². The first-order valence-corrected chi connectivity index (χ1v) is 14.1. The topological polar surface area (TPSA) is 78.9 Å². The maximum Gasteiger partial charge on any atom is 0.534 e. The van der Waals surface area contributed by atoms with E-state index in [1.807, 2.05) is 52.8 Å². The van der Waals surface area contributed by atoms with Gasteiger partial charge in [0.1, 0.15) is 23.7 Å². The summed E-state index contributed by atoms with van der Waals surface area (Å²) >= 11 is 0. The van der Waals surface area contributed by atoms with E-state index in [0.29, 0.717) is 31.4 Å². The summed E-state index contributed by atoms with van der Waals surface area (Å²) in [5.74, 6) is -0.0662. The molecule has 38 heavy (non-hydrogen) atoms. The zero-order chi connectivity index (χ0) is 28.9. The standard InChI is InChI=1S/C28H37F3O6S/c1-8-26(9-2,36-21(7)32)18-35-24-14-12-22(16-19(24)5)27(10-3,11-4)23-13-15-25(20(6)17-23)37-38(33,34)28(29,30)31/h12-17H,8-11,18H2,1-7H3. The van der Waals surface area contributed by atoms with E-state index in [9.17, 15) is 26.4 Å². The zero-order valence-corrected chi connectivity index (χ0v) is 23.8. The van der Waals surface area contributed by atoms with E-state index in [1.165, 1.54) is 19.9 Å². The highest BCUT2D eigenvalue weighted by molar-refractivity contribution is 7.88. The fourth-order valence-electron chi connectivity index (χ4n) is 4.69. The van der Waals surface area contributed by atoms with Crippen molar-refractivity contribution in [2.45, 2.75) is 90.7 Å². The first-order valence-electron chi connectivity index (χ1n) is 12.7. The lowest BCUT2D eigenvalue weighted by Crippen LogP contribution is -2.39. The Kier molecular flexibility index (Phi) is 9.91. The van der Waals surface area contributed by atoms with E-state index in [1.54, 1.807) is 12.1 Å². The summed E-state index contributed by atoms with van der Waals surface area (Å²) in [7, 11) is -5.76. The Balaban J connectivity index is 2.41. The number of aryl methyl sites for hydroxylation is 2. The van der Waals surface area contributed by atoms with E-state index in [0.717, 1.165) is 16.7 Å². The number of rotatable bonds is 12. The molecule has 0 aliphatic heterocycles. The van der Waals surface area contributed by atoms with Gasteiger partial charge in [0, 0.05) is 12.3 Å². The predicted octanol–water partition coefficient (Wildman–Crippen LogP) is 7.14. The lowest BCUT2D eigenvalue weighted by molar-refractivity contribution is -0.161. The van der Waals surface area contributed by atoms with Crippen LogP contribution in [0.4, 0.5) is 13.2 Å². The van der Waals surface area contributed by atoms with E-state index >= 15 is 0 Å². The maximum absolute atomic E-state index is 12.8. The maximum atomic E-state index is 12.8. The van der Waals surface area contributed by atoms with Crippen molar-refractivity contribution in [1.82, 2.24) is 0 Å². The third-order valence-electron chi connectivity index (χ3n) is 7.28. The number of carbonyl (C=O) groups excluding carboxylic acids is 1. The molecule has 0 bridgehead atoms. The van der Waals surface area contributed by atoms with Crippen molar-refractivity contribution in [3.63, 3.8) is 0 Å². The second kappa shape index (κ2) is 12.0. The average molecular weight is 559 g/mol. The molecule has 10 heteroatoms. The van der Waals surface area contributed by atoms with Gasteiger partial charge in [0.15, 0.2) is 0 Å². The van der Waals surface area contributed by atoms with Crippen LogP contribution >= 0.6 is 0 Å². The molecule has 2 aromatic rings. The molecular formula is C28H37F3O6S. The van der Waals surface area contributed by atoms with Crippen molar-refractivity contribution in [3.8, 4) is 11.5 Å². The van der Waals surface area contributed by atoms with Crippen LogP contribution in [-0.4, -0.2) is 32.1 Å². The van der Waals surface area contributed by atoms with Crippen LogP contribution in [0.25, 0.3) is 0 Å². The second-order valence-electron chi connectivity index (χ2n) is 9.51. The molecule has 0 saturated heterocycles. The van der Waals surface area contributed by atoms with Crippen LogP contribution in [0.15, 0.2) is 36.4 Å². The van der Waals surface area contributed by atoms with Gasteiger partial charge in [-0.05, 0) is 73.9 Å². The molecule has 0 spiro atoms. The van der Waals surface area contributed by atoms with Crippen LogP contribution < -0.4 is 8.92 Å². The highest BCUT2D eigenvalue weighted by atomic mass is 32.2. The van der Waals surface area contributed by atoms with Gasteiger partial charge < -0.3 is 13.7 Å². The molecule has 0 aromatic heterocycles. The first kappa shape index (κ1) is 31.5. The van der Waals surface area contributed by atoms with E-state index in [4.69, 9.17) is 9.47 Å². The number of benzene rings is 2. The number of ether oxygens (including phenoxy) is 2. The summed E-state index contributed by atoms with van der Waals surface area (Å²) in [6.45, 7) is 13.0. The Morgan fingerprint density at radius 2 is 1.29 bits per heavy atom. The average Bonchev–Trinajstić information content (AvgIpc) is 2.84. The molecule has 0 heterocycles. The predicted molar refractivity (Wildman–Crippen MR) is 140 cm³/mol. The Labute approximate surface area is 223 Å². The number of carbonyl (C=O) groups is 1. The first-order chi connectivity index (χ1) is 17.6.